The summed E-state index contributed by atoms with van der Waals surface area (Å²) in [7, 11) is 0. The highest BCUT2D eigenvalue weighted by Gasteiger charge is 2.18. The van der Waals surface area contributed by atoms with Gasteiger partial charge in [-0.25, -0.2) is 0 Å². The second-order valence-electron chi connectivity index (χ2n) is 7.65. The first-order chi connectivity index (χ1) is 9.48. The van der Waals surface area contributed by atoms with Crippen LogP contribution in [0.2, 0.25) is 0 Å². The Kier molecular flexibility index (Phi) is 12.7. The van der Waals surface area contributed by atoms with E-state index in [4.69, 9.17) is 0 Å². The SMILES string of the molecule is CCCCCCCCCCCCNCC(C)C(C)(C)C. The van der Waals surface area contributed by atoms with E-state index in [1.165, 1.54) is 77.3 Å². The van der Waals surface area contributed by atoms with Crippen LogP contribution in [0.25, 0.3) is 0 Å². The summed E-state index contributed by atoms with van der Waals surface area (Å²) < 4.78 is 0. The molecular weight excluding hydrogens is 242 g/mol. The minimum Gasteiger partial charge on any atom is -0.316 e. The molecule has 0 radical (unpaired) electrons. The van der Waals surface area contributed by atoms with Gasteiger partial charge in [-0.15, -0.1) is 0 Å². The molecule has 0 aromatic carbocycles. The Balaban J connectivity index is 3.14. The van der Waals surface area contributed by atoms with Gasteiger partial charge in [-0.1, -0.05) is 92.4 Å². The third-order valence-corrected chi connectivity index (χ3v) is 4.64. The van der Waals surface area contributed by atoms with E-state index in [9.17, 15) is 0 Å². The fourth-order valence-corrected chi connectivity index (χ4v) is 2.36. The Labute approximate surface area is 129 Å². The van der Waals surface area contributed by atoms with Crippen molar-refractivity contribution in [1.29, 1.82) is 0 Å². The molecule has 0 saturated heterocycles. The van der Waals surface area contributed by atoms with Gasteiger partial charge in [0.25, 0.3) is 0 Å². The normalized spacial score (nSPS) is 13.7. The zero-order valence-corrected chi connectivity index (χ0v) is 15.1. The van der Waals surface area contributed by atoms with E-state index in [0.29, 0.717) is 5.41 Å². The number of nitrogens with one attached hydrogen (secondary N) is 1. The summed E-state index contributed by atoms with van der Waals surface area (Å²) in [6.45, 7) is 14.0. The number of unbranched alkanes of at least 4 members (excludes halogenated alkanes) is 9. The minimum atomic E-state index is 0.435. The summed E-state index contributed by atoms with van der Waals surface area (Å²) >= 11 is 0. The standard InChI is InChI=1S/C19H41N/c1-6-7-8-9-10-11-12-13-14-15-16-20-17-18(2)19(3,4)5/h18,20H,6-17H2,1-5H3. The number of rotatable bonds is 13. The molecule has 1 N–H and O–H groups in total. The fourth-order valence-electron chi connectivity index (χ4n) is 2.36. The molecular formula is C19H41N. The predicted octanol–water partition coefficient (Wildman–Crippen LogP) is 6.18. The summed E-state index contributed by atoms with van der Waals surface area (Å²) in [5, 5.41) is 3.62. The van der Waals surface area contributed by atoms with Crippen LogP contribution in [-0.2, 0) is 0 Å². The molecule has 1 nitrogen and oxygen atoms in total. The summed E-state index contributed by atoms with van der Waals surface area (Å²) in [5.41, 5.74) is 0.435. The summed E-state index contributed by atoms with van der Waals surface area (Å²) in [5.74, 6) is 0.755. The first kappa shape index (κ1) is 20.0. The van der Waals surface area contributed by atoms with Crippen LogP contribution in [0, 0.1) is 11.3 Å². The van der Waals surface area contributed by atoms with Crippen molar-refractivity contribution in [3.63, 3.8) is 0 Å². The Bertz CT molecular complexity index is 192. The first-order valence-electron chi connectivity index (χ1n) is 9.19. The van der Waals surface area contributed by atoms with Crippen molar-refractivity contribution in [2.45, 2.75) is 98.8 Å². The van der Waals surface area contributed by atoms with Crippen molar-refractivity contribution in [1.82, 2.24) is 5.32 Å². The van der Waals surface area contributed by atoms with Gasteiger partial charge in [0.2, 0.25) is 0 Å². The molecule has 0 bridgehead atoms. The molecule has 1 heteroatoms. The topological polar surface area (TPSA) is 12.0 Å². The molecule has 0 heterocycles. The molecule has 0 saturated carbocycles. The van der Waals surface area contributed by atoms with Crippen molar-refractivity contribution in [3.8, 4) is 0 Å². The maximum atomic E-state index is 3.62. The van der Waals surface area contributed by atoms with Crippen LogP contribution in [0.5, 0.6) is 0 Å². The van der Waals surface area contributed by atoms with E-state index in [0.717, 1.165) is 5.92 Å². The van der Waals surface area contributed by atoms with Gasteiger partial charge < -0.3 is 5.32 Å². The first-order valence-corrected chi connectivity index (χ1v) is 9.19. The van der Waals surface area contributed by atoms with Crippen molar-refractivity contribution < 1.29 is 0 Å². The van der Waals surface area contributed by atoms with E-state index >= 15 is 0 Å². The van der Waals surface area contributed by atoms with Gasteiger partial charge in [-0.3, -0.25) is 0 Å². The van der Waals surface area contributed by atoms with Crippen LogP contribution in [-0.4, -0.2) is 13.1 Å². The molecule has 0 aliphatic rings. The third-order valence-electron chi connectivity index (χ3n) is 4.64. The smallest absolute Gasteiger partial charge is 0.00182 e. The van der Waals surface area contributed by atoms with E-state index < -0.39 is 0 Å². The van der Waals surface area contributed by atoms with Crippen molar-refractivity contribution in [2.24, 2.45) is 11.3 Å². The summed E-state index contributed by atoms with van der Waals surface area (Å²) in [6, 6.07) is 0. The van der Waals surface area contributed by atoms with Gasteiger partial charge in [-0.05, 0) is 30.8 Å². The lowest BCUT2D eigenvalue weighted by Gasteiger charge is -2.27. The zero-order valence-electron chi connectivity index (χ0n) is 15.1. The van der Waals surface area contributed by atoms with Gasteiger partial charge in [0.1, 0.15) is 0 Å². The lowest BCUT2D eigenvalue weighted by molar-refractivity contribution is 0.253. The highest BCUT2D eigenvalue weighted by atomic mass is 14.9. The second kappa shape index (κ2) is 12.7. The molecule has 0 spiro atoms. The van der Waals surface area contributed by atoms with Crippen molar-refractivity contribution in [2.75, 3.05) is 13.1 Å². The van der Waals surface area contributed by atoms with Gasteiger partial charge in [0, 0.05) is 0 Å². The molecule has 0 aliphatic heterocycles. The number of hydrogen-bond acceptors (Lipinski definition) is 1. The Morgan fingerprint density at radius 3 is 1.65 bits per heavy atom. The monoisotopic (exact) mass is 283 g/mol. The van der Waals surface area contributed by atoms with E-state index in [-0.39, 0.29) is 0 Å². The summed E-state index contributed by atoms with van der Waals surface area (Å²) in [4.78, 5) is 0. The summed E-state index contributed by atoms with van der Waals surface area (Å²) in [6.07, 6.45) is 14.3. The van der Waals surface area contributed by atoms with Gasteiger partial charge in [0.05, 0.1) is 0 Å². The predicted molar refractivity (Wildman–Crippen MR) is 93.3 cm³/mol. The highest BCUT2D eigenvalue weighted by Crippen LogP contribution is 2.24. The third kappa shape index (κ3) is 13.0. The van der Waals surface area contributed by atoms with E-state index in [2.05, 4.69) is 39.9 Å². The van der Waals surface area contributed by atoms with Gasteiger partial charge in [-0.2, -0.15) is 0 Å². The van der Waals surface area contributed by atoms with Gasteiger partial charge in [0.15, 0.2) is 0 Å². The quantitative estimate of drug-likeness (QED) is 0.398. The fraction of sp³-hybridized carbons (Fsp3) is 1.00. The average molecular weight is 284 g/mol. The molecule has 122 valence electrons. The van der Waals surface area contributed by atoms with Crippen LogP contribution < -0.4 is 5.32 Å². The molecule has 0 fully saturated rings. The highest BCUT2D eigenvalue weighted by molar-refractivity contribution is 4.71. The van der Waals surface area contributed by atoms with Crippen LogP contribution in [0.1, 0.15) is 98.8 Å². The lowest BCUT2D eigenvalue weighted by Crippen LogP contribution is -2.30. The molecule has 0 aromatic heterocycles. The lowest BCUT2D eigenvalue weighted by atomic mass is 9.82. The zero-order chi connectivity index (χ0) is 15.3. The van der Waals surface area contributed by atoms with Crippen LogP contribution >= 0.6 is 0 Å². The van der Waals surface area contributed by atoms with Crippen LogP contribution in [0.4, 0.5) is 0 Å². The molecule has 20 heavy (non-hydrogen) atoms. The maximum Gasteiger partial charge on any atom is -0.00182 e. The maximum absolute atomic E-state index is 3.62. The largest absolute Gasteiger partial charge is 0.316 e. The van der Waals surface area contributed by atoms with Crippen LogP contribution in [0.15, 0.2) is 0 Å². The van der Waals surface area contributed by atoms with Gasteiger partial charge >= 0.3 is 0 Å². The van der Waals surface area contributed by atoms with E-state index in [1.807, 2.05) is 0 Å². The molecule has 1 unspecified atom stereocenters. The molecule has 0 aromatic rings. The van der Waals surface area contributed by atoms with Crippen molar-refractivity contribution >= 4 is 0 Å². The number of hydrogen-bond donors (Lipinski definition) is 1. The van der Waals surface area contributed by atoms with E-state index in [1.54, 1.807) is 0 Å². The second-order valence-corrected chi connectivity index (χ2v) is 7.65. The average Bonchev–Trinajstić information content (AvgIpc) is 2.38. The Morgan fingerprint density at radius 1 is 0.750 bits per heavy atom. The molecule has 1 atom stereocenters. The molecule has 0 rings (SSSR count). The molecule has 0 amide bonds. The minimum absolute atomic E-state index is 0.435. The molecule has 0 aliphatic carbocycles. The Morgan fingerprint density at radius 2 is 1.20 bits per heavy atom. The van der Waals surface area contributed by atoms with Crippen molar-refractivity contribution in [3.05, 3.63) is 0 Å². The Hall–Kier alpha value is -0.0400. The van der Waals surface area contributed by atoms with Crippen LogP contribution in [0.3, 0.4) is 0 Å².